The number of ketones is 1. The zero-order valence-corrected chi connectivity index (χ0v) is 13.8. The third-order valence-electron chi connectivity index (χ3n) is 2.96. The highest BCUT2D eigenvalue weighted by Crippen LogP contribution is 2.26. The summed E-state index contributed by atoms with van der Waals surface area (Å²) in [5.74, 6) is -1.25. The minimum atomic E-state index is -0.862. The van der Waals surface area contributed by atoms with Gasteiger partial charge in [-0.15, -0.1) is 10.2 Å². The van der Waals surface area contributed by atoms with Gasteiger partial charge >= 0.3 is 0 Å². The van der Waals surface area contributed by atoms with Crippen LogP contribution in [0.3, 0.4) is 0 Å². The van der Waals surface area contributed by atoms with Crippen LogP contribution in [-0.4, -0.2) is 21.7 Å². The molecule has 3 rings (SSSR count). The SMILES string of the molecule is O=C(CSc1nnc(NCc2ccco2)s1)c1ccc(F)cc1F. The Morgan fingerprint density at radius 1 is 1.29 bits per heavy atom. The van der Waals surface area contributed by atoms with Crippen LogP contribution < -0.4 is 5.32 Å². The van der Waals surface area contributed by atoms with Crippen LogP contribution in [0.4, 0.5) is 13.9 Å². The highest BCUT2D eigenvalue weighted by atomic mass is 32.2. The summed E-state index contributed by atoms with van der Waals surface area (Å²) < 4.78 is 32.2. The maximum Gasteiger partial charge on any atom is 0.206 e. The van der Waals surface area contributed by atoms with Crippen molar-refractivity contribution in [2.24, 2.45) is 0 Å². The van der Waals surface area contributed by atoms with Gasteiger partial charge in [0.25, 0.3) is 0 Å². The highest BCUT2D eigenvalue weighted by molar-refractivity contribution is 8.01. The van der Waals surface area contributed by atoms with E-state index in [9.17, 15) is 13.6 Å². The Labute approximate surface area is 144 Å². The molecule has 0 aliphatic rings. The molecule has 0 atom stereocenters. The van der Waals surface area contributed by atoms with Gasteiger partial charge in [0.05, 0.1) is 24.1 Å². The number of aromatic nitrogens is 2. The normalized spacial score (nSPS) is 10.8. The topological polar surface area (TPSA) is 68.0 Å². The lowest BCUT2D eigenvalue weighted by molar-refractivity contribution is 0.101. The number of thioether (sulfide) groups is 1. The minimum Gasteiger partial charge on any atom is -0.467 e. The smallest absolute Gasteiger partial charge is 0.206 e. The van der Waals surface area contributed by atoms with Crippen LogP contribution in [0.5, 0.6) is 0 Å². The van der Waals surface area contributed by atoms with Crippen LogP contribution >= 0.6 is 23.1 Å². The van der Waals surface area contributed by atoms with Gasteiger partial charge in [-0.1, -0.05) is 23.1 Å². The van der Waals surface area contributed by atoms with Crippen molar-refractivity contribution in [1.29, 1.82) is 0 Å². The van der Waals surface area contributed by atoms with E-state index < -0.39 is 17.4 Å². The van der Waals surface area contributed by atoms with Crippen LogP contribution in [0.25, 0.3) is 0 Å². The van der Waals surface area contributed by atoms with Crippen molar-refractivity contribution in [3.8, 4) is 0 Å². The largest absolute Gasteiger partial charge is 0.467 e. The number of nitrogens with zero attached hydrogens (tertiary/aromatic N) is 2. The van der Waals surface area contributed by atoms with E-state index in [-0.39, 0.29) is 11.3 Å². The van der Waals surface area contributed by atoms with E-state index in [1.54, 1.807) is 12.3 Å². The maximum absolute atomic E-state index is 13.6. The summed E-state index contributed by atoms with van der Waals surface area (Å²) in [6.07, 6.45) is 1.58. The molecular formula is C15H11F2N3O2S2. The van der Waals surface area contributed by atoms with Crippen LogP contribution in [0.2, 0.25) is 0 Å². The molecule has 0 saturated carbocycles. The van der Waals surface area contributed by atoms with E-state index in [0.717, 1.165) is 29.7 Å². The van der Waals surface area contributed by atoms with E-state index in [2.05, 4.69) is 15.5 Å². The predicted octanol–water partition coefficient (Wildman–Crippen LogP) is 4.00. The van der Waals surface area contributed by atoms with Gasteiger partial charge in [0, 0.05) is 6.07 Å². The fraction of sp³-hybridized carbons (Fsp3) is 0.133. The molecule has 0 saturated heterocycles. The Bertz CT molecular complexity index is 837. The van der Waals surface area contributed by atoms with Crippen molar-refractivity contribution in [3.63, 3.8) is 0 Å². The van der Waals surface area contributed by atoms with E-state index in [4.69, 9.17) is 4.42 Å². The molecule has 0 spiro atoms. The molecule has 2 aromatic heterocycles. The number of rotatable bonds is 7. The number of Topliss-reactive ketones (excluding diaryl/α,β-unsaturated/α-hetero) is 1. The van der Waals surface area contributed by atoms with Crippen molar-refractivity contribution in [1.82, 2.24) is 10.2 Å². The second-order valence-electron chi connectivity index (χ2n) is 4.64. The molecule has 0 unspecified atom stereocenters. The number of benzene rings is 1. The molecule has 5 nitrogen and oxygen atoms in total. The molecule has 124 valence electrons. The monoisotopic (exact) mass is 367 g/mol. The quantitative estimate of drug-likeness (QED) is 0.503. The Balaban J connectivity index is 1.54. The van der Waals surface area contributed by atoms with E-state index in [1.165, 1.54) is 11.3 Å². The van der Waals surface area contributed by atoms with Crippen LogP contribution in [0.1, 0.15) is 16.1 Å². The molecule has 2 heterocycles. The molecule has 3 aromatic rings. The number of halogens is 2. The summed E-state index contributed by atoms with van der Waals surface area (Å²) in [4.78, 5) is 12.0. The van der Waals surface area contributed by atoms with Gasteiger partial charge < -0.3 is 9.73 Å². The molecule has 1 N–H and O–H groups in total. The van der Waals surface area contributed by atoms with Crippen molar-refractivity contribution in [2.45, 2.75) is 10.9 Å². The van der Waals surface area contributed by atoms with Gasteiger partial charge in [-0.05, 0) is 24.3 Å². The molecule has 0 aliphatic carbocycles. The summed E-state index contributed by atoms with van der Waals surface area (Å²) in [7, 11) is 0. The average Bonchev–Trinajstić information content (AvgIpc) is 3.22. The minimum absolute atomic E-state index is 0.00459. The average molecular weight is 367 g/mol. The zero-order valence-electron chi connectivity index (χ0n) is 12.2. The number of nitrogens with one attached hydrogen (secondary N) is 1. The lowest BCUT2D eigenvalue weighted by Crippen LogP contribution is -2.05. The Morgan fingerprint density at radius 3 is 2.92 bits per heavy atom. The zero-order chi connectivity index (χ0) is 16.9. The van der Waals surface area contributed by atoms with Crippen molar-refractivity contribution in [3.05, 3.63) is 59.6 Å². The maximum atomic E-state index is 13.6. The van der Waals surface area contributed by atoms with Gasteiger partial charge in [0.2, 0.25) is 5.13 Å². The molecule has 24 heavy (non-hydrogen) atoms. The molecule has 0 aliphatic heterocycles. The first kappa shape index (κ1) is 16.6. The number of hydrogen-bond acceptors (Lipinski definition) is 7. The van der Waals surface area contributed by atoms with Gasteiger partial charge in [-0.25, -0.2) is 8.78 Å². The fourth-order valence-corrected chi connectivity index (χ4v) is 3.47. The first-order chi connectivity index (χ1) is 11.6. The number of carbonyl (C=O) groups is 1. The van der Waals surface area contributed by atoms with Gasteiger partial charge in [0.1, 0.15) is 17.4 Å². The number of carbonyl (C=O) groups excluding carboxylic acids is 1. The Hall–Kier alpha value is -2.26. The van der Waals surface area contributed by atoms with Crippen LogP contribution in [0, 0.1) is 11.6 Å². The van der Waals surface area contributed by atoms with Crippen LogP contribution in [0.15, 0.2) is 45.4 Å². The molecule has 0 bridgehead atoms. The second-order valence-corrected chi connectivity index (χ2v) is 6.84. The second kappa shape index (κ2) is 7.54. The van der Waals surface area contributed by atoms with E-state index in [1.807, 2.05) is 6.07 Å². The molecule has 0 radical (unpaired) electrons. The summed E-state index contributed by atoms with van der Waals surface area (Å²) >= 11 is 2.43. The number of furan rings is 1. The summed E-state index contributed by atoms with van der Waals surface area (Å²) in [6.45, 7) is 0.478. The van der Waals surface area contributed by atoms with Crippen LogP contribution in [-0.2, 0) is 6.54 Å². The highest BCUT2D eigenvalue weighted by Gasteiger charge is 2.14. The van der Waals surface area contributed by atoms with Gasteiger partial charge in [-0.3, -0.25) is 4.79 Å². The lowest BCUT2D eigenvalue weighted by Gasteiger charge is -2.01. The predicted molar refractivity (Wildman–Crippen MR) is 87.4 cm³/mol. The Morgan fingerprint density at radius 2 is 2.17 bits per heavy atom. The molecule has 9 heteroatoms. The summed E-state index contributed by atoms with van der Waals surface area (Å²) in [6, 6.07) is 6.52. The summed E-state index contributed by atoms with van der Waals surface area (Å²) in [5.41, 5.74) is -0.135. The first-order valence-corrected chi connectivity index (χ1v) is 8.63. The number of anilines is 1. The molecular weight excluding hydrogens is 356 g/mol. The standard InChI is InChI=1S/C15H11F2N3O2S2/c16-9-3-4-11(12(17)6-9)13(21)8-23-15-20-19-14(24-15)18-7-10-2-1-5-22-10/h1-6H,7-8H2,(H,18,19). The van der Waals surface area contributed by atoms with Crippen molar-refractivity contribution < 1.29 is 18.0 Å². The van der Waals surface area contributed by atoms with Gasteiger partial charge in [-0.2, -0.15) is 0 Å². The molecule has 1 aromatic carbocycles. The van der Waals surface area contributed by atoms with Crippen molar-refractivity contribution in [2.75, 3.05) is 11.1 Å². The van der Waals surface area contributed by atoms with E-state index in [0.29, 0.717) is 22.1 Å². The third-order valence-corrected chi connectivity index (χ3v) is 4.97. The first-order valence-electron chi connectivity index (χ1n) is 6.82. The molecule has 0 fully saturated rings. The lowest BCUT2D eigenvalue weighted by atomic mass is 10.1. The van der Waals surface area contributed by atoms with Gasteiger partial charge in [0.15, 0.2) is 10.1 Å². The Kier molecular flexibility index (Phi) is 5.21. The van der Waals surface area contributed by atoms with E-state index >= 15 is 0 Å². The molecule has 0 amide bonds. The third kappa shape index (κ3) is 4.18. The number of hydrogen-bond donors (Lipinski definition) is 1. The fourth-order valence-electron chi connectivity index (χ4n) is 1.84. The summed E-state index contributed by atoms with van der Waals surface area (Å²) in [5, 5.41) is 11.6. The van der Waals surface area contributed by atoms with Crippen molar-refractivity contribution >= 4 is 34.0 Å².